The van der Waals surface area contributed by atoms with Crippen LogP contribution in [0.2, 0.25) is 0 Å². The highest BCUT2D eigenvalue weighted by Gasteiger charge is 1.94. The van der Waals surface area contributed by atoms with Crippen molar-refractivity contribution in [3.05, 3.63) is 11.8 Å². The number of rotatable bonds is 4. The van der Waals surface area contributed by atoms with Crippen LogP contribution in [0.25, 0.3) is 0 Å². The highest BCUT2D eigenvalue weighted by molar-refractivity contribution is 7.77. The number of allylic oxidation sites excluding steroid dienone is 2. The lowest BCUT2D eigenvalue weighted by Crippen LogP contribution is -2.13. The third-order valence-corrected chi connectivity index (χ3v) is 1.48. The molecule has 0 fully saturated rings. The number of hydrogen-bond donors (Lipinski definition) is 1. The third-order valence-electron chi connectivity index (χ3n) is 0.993. The van der Waals surface area contributed by atoms with Gasteiger partial charge >= 0.3 is 0 Å². The van der Waals surface area contributed by atoms with Gasteiger partial charge in [0.05, 0.1) is 0 Å². The Morgan fingerprint density at radius 1 is 1.91 bits per heavy atom. The first-order valence-corrected chi connectivity index (χ1v) is 4.26. The first-order chi connectivity index (χ1) is 5.02. The van der Waals surface area contributed by atoms with Crippen molar-refractivity contribution in [1.29, 1.82) is 0 Å². The van der Waals surface area contributed by atoms with Crippen LogP contribution in [0.5, 0.6) is 0 Å². The average Bonchev–Trinajstić information content (AvgIpc) is 1.82. The second-order valence-electron chi connectivity index (χ2n) is 2.24. The fraction of sp³-hybridized carbons (Fsp3) is 0.667. The molecule has 0 aromatic rings. The van der Waals surface area contributed by atoms with Crippen molar-refractivity contribution in [2.45, 2.75) is 26.4 Å². The Labute approximate surface area is 68.1 Å². The second-order valence-corrected chi connectivity index (χ2v) is 2.91. The monoisotopic (exact) mass is 180 g/mol. The predicted octanol–water partition coefficient (Wildman–Crippen LogP) is 1.02. The number of hydrogen-bond acceptors (Lipinski definition) is 2. The third kappa shape index (κ3) is 7.48. The minimum absolute atomic E-state index is 0.232. The molecule has 0 saturated carbocycles. The smallest absolute Gasteiger partial charge is 0.101 e. The summed E-state index contributed by atoms with van der Waals surface area (Å²) in [6, 6.07) is 0. The lowest BCUT2D eigenvalue weighted by Gasteiger charge is -2.08. The van der Waals surface area contributed by atoms with Gasteiger partial charge in [-0.2, -0.15) is 0 Å². The van der Waals surface area contributed by atoms with Gasteiger partial charge in [0.15, 0.2) is 0 Å². The Morgan fingerprint density at radius 3 is 2.82 bits per heavy atom. The van der Waals surface area contributed by atoms with E-state index in [0.717, 1.165) is 0 Å². The molecule has 3 nitrogen and oxygen atoms in total. The lowest BCUT2D eigenvalue weighted by molar-refractivity contribution is 0.364. The SMILES string of the molecule is CC(=CCC(C)F)NS(=O)[O-]. The van der Waals surface area contributed by atoms with Crippen LogP contribution in [0.3, 0.4) is 0 Å². The molecule has 0 spiro atoms. The summed E-state index contributed by atoms with van der Waals surface area (Å²) >= 11 is -2.30. The molecular weight excluding hydrogens is 169 g/mol. The molecule has 0 bridgehead atoms. The largest absolute Gasteiger partial charge is 0.755 e. The lowest BCUT2D eigenvalue weighted by atomic mass is 10.3. The van der Waals surface area contributed by atoms with Crippen LogP contribution < -0.4 is 4.72 Å². The van der Waals surface area contributed by atoms with E-state index < -0.39 is 17.4 Å². The van der Waals surface area contributed by atoms with Crippen molar-refractivity contribution in [3.63, 3.8) is 0 Å². The summed E-state index contributed by atoms with van der Waals surface area (Å²) in [7, 11) is 0. The zero-order valence-corrected chi connectivity index (χ0v) is 7.28. The number of halogens is 1. The van der Waals surface area contributed by atoms with E-state index in [-0.39, 0.29) is 6.42 Å². The molecule has 0 aliphatic carbocycles. The maximum Gasteiger partial charge on any atom is 0.101 e. The van der Waals surface area contributed by atoms with Crippen LogP contribution in [0.4, 0.5) is 4.39 Å². The Kier molecular flexibility index (Phi) is 5.06. The van der Waals surface area contributed by atoms with Crippen molar-refractivity contribution in [2.24, 2.45) is 0 Å². The molecule has 0 aliphatic rings. The van der Waals surface area contributed by atoms with E-state index in [1.165, 1.54) is 13.0 Å². The summed E-state index contributed by atoms with van der Waals surface area (Å²) in [6.07, 6.45) is 0.795. The Hall–Kier alpha value is -0.420. The van der Waals surface area contributed by atoms with E-state index in [0.29, 0.717) is 5.70 Å². The molecule has 2 atom stereocenters. The Bertz CT molecular complexity index is 170. The molecule has 0 aromatic heterocycles. The molecule has 2 unspecified atom stereocenters. The van der Waals surface area contributed by atoms with E-state index in [4.69, 9.17) is 0 Å². The maximum atomic E-state index is 12.2. The molecular formula is C6H11FNO2S-. The summed E-state index contributed by atoms with van der Waals surface area (Å²) < 4.78 is 34.3. The van der Waals surface area contributed by atoms with Crippen LogP contribution in [0.15, 0.2) is 11.8 Å². The van der Waals surface area contributed by atoms with Crippen LogP contribution in [-0.4, -0.2) is 14.9 Å². The Balaban J connectivity index is 3.72. The van der Waals surface area contributed by atoms with Gasteiger partial charge in [-0.05, 0) is 20.3 Å². The molecule has 1 N–H and O–H groups in total. The summed E-state index contributed by atoms with van der Waals surface area (Å²) in [5.74, 6) is 0. The van der Waals surface area contributed by atoms with Gasteiger partial charge in [-0.3, -0.25) is 4.21 Å². The number of alkyl halides is 1. The maximum absolute atomic E-state index is 12.2. The minimum atomic E-state index is -2.30. The summed E-state index contributed by atoms with van der Waals surface area (Å²) in [6.45, 7) is 2.98. The fourth-order valence-electron chi connectivity index (χ4n) is 0.512. The van der Waals surface area contributed by atoms with Crippen LogP contribution in [-0.2, 0) is 11.3 Å². The zero-order valence-electron chi connectivity index (χ0n) is 6.46. The molecule has 0 radical (unpaired) electrons. The fourth-order valence-corrected chi connectivity index (χ4v) is 0.859. The first kappa shape index (κ1) is 10.6. The van der Waals surface area contributed by atoms with Gasteiger partial charge in [-0.25, -0.2) is 4.39 Å². The van der Waals surface area contributed by atoms with Crippen molar-refractivity contribution in [2.75, 3.05) is 0 Å². The number of nitrogens with one attached hydrogen (secondary N) is 1. The van der Waals surface area contributed by atoms with Crippen LogP contribution >= 0.6 is 0 Å². The van der Waals surface area contributed by atoms with Gasteiger partial charge in [0.25, 0.3) is 0 Å². The van der Waals surface area contributed by atoms with Crippen molar-refractivity contribution in [3.8, 4) is 0 Å². The molecule has 11 heavy (non-hydrogen) atoms. The van der Waals surface area contributed by atoms with Crippen molar-refractivity contribution in [1.82, 2.24) is 4.72 Å². The normalized spacial score (nSPS) is 17.6. The van der Waals surface area contributed by atoms with Crippen LogP contribution in [0.1, 0.15) is 20.3 Å². The van der Waals surface area contributed by atoms with Gasteiger partial charge in [0, 0.05) is 17.0 Å². The van der Waals surface area contributed by atoms with E-state index >= 15 is 0 Å². The molecule has 0 aromatic carbocycles. The van der Waals surface area contributed by atoms with Crippen molar-refractivity contribution < 1.29 is 13.2 Å². The molecule has 0 aliphatic heterocycles. The molecule has 5 heteroatoms. The van der Waals surface area contributed by atoms with E-state index in [9.17, 15) is 13.2 Å². The van der Waals surface area contributed by atoms with Gasteiger partial charge in [0.2, 0.25) is 0 Å². The van der Waals surface area contributed by atoms with Gasteiger partial charge in [-0.1, -0.05) is 6.08 Å². The second kappa shape index (κ2) is 5.26. The Morgan fingerprint density at radius 2 is 2.45 bits per heavy atom. The minimum Gasteiger partial charge on any atom is -0.755 e. The standard InChI is InChI=1S/C6H12FNO2S/c1-5(7)3-4-6(2)8-11(9)10/h4-5,8H,3H2,1-2H3,(H,9,10)/p-1. The quantitative estimate of drug-likeness (QED) is 0.657. The molecule has 0 heterocycles. The topological polar surface area (TPSA) is 52.2 Å². The van der Waals surface area contributed by atoms with Gasteiger partial charge in [0.1, 0.15) is 6.17 Å². The van der Waals surface area contributed by atoms with Gasteiger partial charge < -0.3 is 9.27 Å². The van der Waals surface area contributed by atoms with Crippen molar-refractivity contribution >= 4 is 11.3 Å². The van der Waals surface area contributed by atoms with E-state index in [1.54, 1.807) is 6.92 Å². The average molecular weight is 180 g/mol. The van der Waals surface area contributed by atoms with Gasteiger partial charge in [-0.15, -0.1) is 0 Å². The molecule has 0 rings (SSSR count). The molecule has 0 amide bonds. The predicted molar refractivity (Wildman–Crippen MR) is 41.0 cm³/mol. The van der Waals surface area contributed by atoms with E-state index in [2.05, 4.69) is 4.72 Å². The van der Waals surface area contributed by atoms with Crippen LogP contribution in [0, 0.1) is 0 Å². The van der Waals surface area contributed by atoms with E-state index in [1.807, 2.05) is 0 Å². The molecule has 66 valence electrons. The summed E-state index contributed by atoms with van der Waals surface area (Å²) in [5.41, 5.74) is 0.447. The first-order valence-electron chi connectivity index (χ1n) is 3.19. The highest BCUT2D eigenvalue weighted by Crippen LogP contribution is 1.99. The summed E-state index contributed by atoms with van der Waals surface area (Å²) in [5, 5.41) is 0. The molecule has 0 saturated heterocycles. The summed E-state index contributed by atoms with van der Waals surface area (Å²) in [4.78, 5) is 0. The highest BCUT2D eigenvalue weighted by atomic mass is 32.2. The zero-order chi connectivity index (χ0) is 8.85.